The second-order valence-electron chi connectivity index (χ2n) is 14.3. The number of rotatable bonds is 36. The van der Waals surface area contributed by atoms with Gasteiger partial charge in [0, 0.05) is 19.6 Å². The van der Waals surface area contributed by atoms with Crippen molar-refractivity contribution in [1.29, 1.82) is 0 Å². The SMILES string of the molecule is CCCCCCCCCCCCCCCCCCOC(C)N1CCN=C1CCCCCCCCCCCCCCCCCC. The summed E-state index contributed by atoms with van der Waals surface area (Å²) in [6, 6.07) is 0. The molecule has 0 bridgehead atoms. The van der Waals surface area contributed by atoms with Crippen LogP contribution in [0.15, 0.2) is 4.99 Å². The molecule has 3 nitrogen and oxygen atoms in total. The van der Waals surface area contributed by atoms with Crippen LogP contribution >= 0.6 is 0 Å². The molecule has 0 aromatic rings. The van der Waals surface area contributed by atoms with Gasteiger partial charge in [0.2, 0.25) is 0 Å². The van der Waals surface area contributed by atoms with Gasteiger partial charge in [0.25, 0.3) is 0 Å². The van der Waals surface area contributed by atoms with Crippen LogP contribution in [0.5, 0.6) is 0 Å². The summed E-state index contributed by atoms with van der Waals surface area (Å²) in [7, 11) is 0. The highest BCUT2D eigenvalue weighted by Crippen LogP contribution is 2.18. The van der Waals surface area contributed by atoms with E-state index in [1.54, 1.807) is 0 Å². The van der Waals surface area contributed by atoms with Gasteiger partial charge in [-0.2, -0.15) is 0 Å². The minimum Gasteiger partial charge on any atom is -0.359 e. The second kappa shape index (κ2) is 33.8. The molecule has 1 atom stereocenters. The molecule has 1 aliphatic rings. The molecule has 1 rings (SSSR count). The summed E-state index contributed by atoms with van der Waals surface area (Å²) in [4.78, 5) is 7.28. The smallest absolute Gasteiger partial charge is 0.128 e. The lowest BCUT2D eigenvalue weighted by molar-refractivity contribution is -0.0113. The van der Waals surface area contributed by atoms with Crippen LogP contribution in [0.4, 0.5) is 0 Å². The van der Waals surface area contributed by atoms with Crippen LogP contribution in [0.3, 0.4) is 0 Å². The highest BCUT2D eigenvalue weighted by molar-refractivity contribution is 5.83. The predicted molar refractivity (Wildman–Crippen MR) is 198 cm³/mol. The van der Waals surface area contributed by atoms with E-state index >= 15 is 0 Å². The summed E-state index contributed by atoms with van der Waals surface area (Å²) >= 11 is 0. The molecule has 0 N–H and O–H groups in total. The van der Waals surface area contributed by atoms with E-state index in [4.69, 9.17) is 9.73 Å². The van der Waals surface area contributed by atoms with Crippen LogP contribution in [-0.4, -0.2) is 36.7 Å². The van der Waals surface area contributed by atoms with Crippen LogP contribution in [0, 0.1) is 0 Å². The fourth-order valence-corrected chi connectivity index (χ4v) is 6.95. The Kier molecular flexibility index (Phi) is 31.8. The van der Waals surface area contributed by atoms with E-state index in [2.05, 4.69) is 25.7 Å². The van der Waals surface area contributed by atoms with Gasteiger partial charge in [-0.1, -0.05) is 206 Å². The van der Waals surface area contributed by atoms with Gasteiger partial charge in [-0.15, -0.1) is 0 Å². The van der Waals surface area contributed by atoms with Crippen molar-refractivity contribution < 1.29 is 4.74 Å². The van der Waals surface area contributed by atoms with Crippen molar-refractivity contribution >= 4 is 5.84 Å². The van der Waals surface area contributed by atoms with Crippen LogP contribution in [-0.2, 0) is 4.74 Å². The summed E-state index contributed by atoms with van der Waals surface area (Å²) in [6.07, 6.45) is 46.9. The van der Waals surface area contributed by atoms with E-state index in [0.717, 1.165) is 26.1 Å². The van der Waals surface area contributed by atoms with E-state index in [1.165, 1.54) is 211 Å². The molecule has 0 amide bonds. The average Bonchev–Trinajstić information content (AvgIpc) is 3.51. The molecule has 262 valence electrons. The third-order valence-electron chi connectivity index (χ3n) is 10.0. The van der Waals surface area contributed by atoms with Crippen LogP contribution in [0.2, 0.25) is 0 Å². The fraction of sp³-hybridized carbons (Fsp3) is 0.976. The zero-order chi connectivity index (χ0) is 31.6. The Hall–Kier alpha value is -0.570. The topological polar surface area (TPSA) is 24.8 Å². The van der Waals surface area contributed by atoms with E-state index < -0.39 is 0 Å². The first-order chi connectivity index (χ1) is 21.8. The normalized spacial score (nSPS) is 14.1. The minimum atomic E-state index is 0.189. The molecule has 0 saturated carbocycles. The standard InChI is InChI=1S/C41H82N2O/c1-4-6-8-10-12-14-16-18-20-22-24-26-28-30-32-34-36-41-42-37-38-43(41)40(3)44-39-35-33-31-29-27-25-23-21-19-17-15-13-11-9-7-5-2/h40H,4-39H2,1-3H3. The van der Waals surface area contributed by atoms with Crippen molar-refractivity contribution in [2.24, 2.45) is 4.99 Å². The van der Waals surface area contributed by atoms with E-state index in [1.807, 2.05) is 0 Å². The maximum Gasteiger partial charge on any atom is 0.128 e. The molecule has 3 heteroatoms. The molecule has 1 heterocycles. The van der Waals surface area contributed by atoms with E-state index in [-0.39, 0.29) is 6.23 Å². The van der Waals surface area contributed by atoms with Crippen LogP contribution in [0.25, 0.3) is 0 Å². The summed E-state index contributed by atoms with van der Waals surface area (Å²) in [5.74, 6) is 1.31. The van der Waals surface area contributed by atoms with Crippen molar-refractivity contribution in [3.63, 3.8) is 0 Å². The number of hydrogen-bond acceptors (Lipinski definition) is 3. The molecule has 0 radical (unpaired) electrons. The molecule has 0 aromatic carbocycles. The first-order valence-corrected chi connectivity index (χ1v) is 20.7. The Morgan fingerprint density at radius 1 is 0.477 bits per heavy atom. The number of unbranched alkanes of at least 4 members (excludes halogenated alkanes) is 30. The van der Waals surface area contributed by atoms with Crippen LogP contribution in [0.1, 0.15) is 233 Å². The van der Waals surface area contributed by atoms with Gasteiger partial charge in [0.05, 0.1) is 6.54 Å². The van der Waals surface area contributed by atoms with Crippen molar-refractivity contribution in [3.05, 3.63) is 0 Å². The Balaban J connectivity index is 1.84. The Bertz CT molecular complexity index is 591. The monoisotopic (exact) mass is 619 g/mol. The molecule has 0 spiro atoms. The van der Waals surface area contributed by atoms with E-state index in [0.29, 0.717) is 0 Å². The van der Waals surface area contributed by atoms with E-state index in [9.17, 15) is 0 Å². The largest absolute Gasteiger partial charge is 0.359 e. The van der Waals surface area contributed by atoms with Gasteiger partial charge in [0.15, 0.2) is 0 Å². The Labute approximate surface area is 278 Å². The molecule has 0 fully saturated rings. The molecule has 0 aliphatic carbocycles. The zero-order valence-electron chi connectivity index (χ0n) is 30.8. The molecule has 1 unspecified atom stereocenters. The molecule has 1 aliphatic heterocycles. The van der Waals surface area contributed by atoms with Crippen LogP contribution < -0.4 is 0 Å². The van der Waals surface area contributed by atoms with Gasteiger partial charge in [0.1, 0.15) is 12.1 Å². The highest BCUT2D eigenvalue weighted by Gasteiger charge is 2.22. The van der Waals surface area contributed by atoms with Gasteiger partial charge in [-0.3, -0.25) is 4.99 Å². The summed E-state index contributed by atoms with van der Waals surface area (Å²) < 4.78 is 6.25. The Morgan fingerprint density at radius 2 is 0.795 bits per heavy atom. The molecule has 0 aromatic heterocycles. The maximum atomic E-state index is 6.25. The third kappa shape index (κ3) is 26.6. The highest BCUT2D eigenvalue weighted by atomic mass is 16.5. The third-order valence-corrected chi connectivity index (χ3v) is 10.0. The second-order valence-corrected chi connectivity index (χ2v) is 14.3. The quantitative estimate of drug-likeness (QED) is 0.0652. The zero-order valence-corrected chi connectivity index (χ0v) is 30.8. The summed E-state index contributed by atoms with van der Waals surface area (Å²) in [5.41, 5.74) is 0. The molecule has 44 heavy (non-hydrogen) atoms. The number of ether oxygens (including phenoxy) is 1. The number of hydrogen-bond donors (Lipinski definition) is 0. The first kappa shape index (κ1) is 41.5. The first-order valence-electron chi connectivity index (χ1n) is 20.7. The van der Waals surface area contributed by atoms with Crippen molar-refractivity contribution in [1.82, 2.24) is 4.90 Å². The lowest BCUT2D eigenvalue weighted by atomic mass is 10.0. The molecular formula is C41H82N2O. The van der Waals surface area contributed by atoms with Crippen molar-refractivity contribution in [2.75, 3.05) is 19.7 Å². The maximum absolute atomic E-state index is 6.25. The predicted octanol–water partition coefficient (Wildman–Crippen LogP) is 14.0. The lowest BCUT2D eigenvalue weighted by Gasteiger charge is -2.28. The molecular weight excluding hydrogens is 536 g/mol. The summed E-state index contributed by atoms with van der Waals surface area (Å²) in [5, 5.41) is 0. The van der Waals surface area contributed by atoms with Crippen molar-refractivity contribution in [2.45, 2.75) is 239 Å². The lowest BCUT2D eigenvalue weighted by Crippen LogP contribution is -2.38. The van der Waals surface area contributed by atoms with Gasteiger partial charge in [-0.25, -0.2) is 0 Å². The fourth-order valence-electron chi connectivity index (χ4n) is 6.95. The molecule has 0 saturated heterocycles. The summed E-state index contributed by atoms with van der Waals surface area (Å²) in [6.45, 7) is 9.76. The Morgan fingerprint density at radius 3 is 1.16 bits per heavy atom. The van der Waals surface area contributed by atoms with Gasteiger partial charge in [-0.05, 0) is 19.8 Å². The number of aliphatic imine (C=N–C) groups is 1. The average molecular weight is 619 g/mol. The van der Waals surface area contributed by atoms with Gasteiger partial charge < -0.3 is 9.64 Å². The number of amidine groups is 1. The van der Waals surface area contributed by atoms with Gasteiger partial charge >= 0.3 is 0 Å². The minimum absolute atomic E-state index is 0.189. The number of nitrogens with zero attached hydrogens (tertiary/aromatic N) is 2. The van der Waals surface area contributed by atoms with Crippen molar-refractivity contribution in [3.8, 4) is 0 Å².